The van der Waals surface area contributed by atoms with Crippen LogP contribution in [0.15, 0.2) is 42.6 Å². The van der Waals surface area contributed by atoms with Crippen LogP contribution in [0, 0.1) is 5.92 Å². The first-order chi connectivity index (χ1) is 18.8. The van der Waals surface area contributed by atoms with Crippen molar-refractivity contribution in [2.24, 2.45) is 17.4 Å². The van der Waals surface area contributed by atoms with E-state index in [1.54, 1.807) is 30.5 Å². The van der Waals surface area contributed by atoms with Crippen LogP contribution in [-0.4, -0.2) is 64.3 Å². The van der Waals surface area contributed by atoms with E-state index in [4.69, 9.17) is 20.9 Å². The van der Waals surface area contributed by atoms with E-state index in [1.165, 1.54) is 4.90 Å². The molecule has 0 spiro atoms. The highest BCUT2D eigenvalue weighted by Gasteiger charge is 2.56. The van der Waals surface area contributed by atoms with Crippen molar-refractivity contribution in [2.45, 2.75) is 68.7 Å². The number of primary amides is 1. The van der Waals surface area contributed by atoms with Crippen LogP contribution in [0.4, 0.5) is 4.79 Å². The van der Waals surface area contributed by atoms with Gasteiger partial charge in [0.2, 0.25) is 24.0 Å². The fourth-order valence-electron chi connectivity index (χ4n) is 5.44. The van der Waals surface area contributed by atoms with Gasteiger partial charge in [-0.25, -0.2) is 9.78 Å². The molecule has 2 fully saturated rings. The summed E-state index contributed by atoms with van der Waals surface area (Å²) >= 11 is 0. The Morgan fingerprint density at radius 3 is 2.85 bits per heavy atom. The van der Waals surface area contributed by atoms with Crippen molar-refractivity contribution in [1.29, 1.82) is 0 Å². The van der Waals surface area contributed by atoms with Crippen LogP contribution >= 0.6 is 0 Å². The van der Waals surface area contributed by atoms with Gasteiger partial charge >= 0.3 is 6.09 Å². The third-order valence-corrected chi connectivity index (χ3v) is 7.66. The number of nitrogens with two attached hydrogens (primary N) is 2. The number of amides is 3. The van der Waals surface area contributed by atoms with E-state index in [1.807, 2.05) is 18.4 Å². The summed E-state index contributed by atoms with van der Waals surface area (Å²) < 4.78 is 11.2. The van der Waals surface area contributed by atoms with Crippen molar-refractivity contribution in [2.75, 3.05) is 6.54 Å². The van der Waals surface area contributed by atoms with E-state index in [2.05, 4.69) is 10.3 Å². The minimum absolute atomic E-state index is 0.104. The Bertz CT molecular complexity index is 1310. The number of nitrogens with one attached hydrogen (secondary N) is 1. The van der Waals surface area contributed by atoms with Crippen LogP contribution in [-0.2, 0) is 14.4 Å². The number of hydrogen-bond acceptors (Lipinski definition) is 8. The first kappa shape index (κ1) is 26.6. The normalized spacial score (nSPS) is 30.2. The maximum absolute atomic E-state index is 13.5. The van der Waals surface area contributed by atoms with Gasteiger partial charge in [0.15, 0.2) is 0 Å². The number of fused-ring (bicyclic) bond motifs is 3. The average molecular weight is 535 g/mol. The second-order valence-corrected chi connectivity index (χ2v) is 10.4. The summed E-state index contributed by atoms with van der Waals surface area (Å²) in [5.41, 5.74) is 10.3. The Balaban J connectivity index is 1.38. The quantitative estimate of drug-likeness (QED) is 0.500. The Labute approximate surface area is 225 Å². The maximum Gasteiger partial charge on any atom is 0.409 e. The summed E-state index contributed by atoms with van der Waals surface area (Å²) in [5.74, 6) is -0.246. The molecule has 3 heterocycles. The molecule has 3 aliphatic rings. The van der Waals surface area contributed by atoms with Crippen LogP contribution in [0.2, 0.25) is 0 Å². The monoisotopic (exact) mass is 534 g/mol. The summed E-state index contributed by atoms with van der Waals surface area (Å²) in [6.45, 7) is 0.146. The van der Waals surface area contributed by atoms with Crippen molar-refractivity contribution in [1.82, 2.24) is 15.2 Å². The number of nitrogens with zero attached hydrogens (tertiary/aromatic N) is 2. The fraction of sp³-hybridized carbons (Fsp3) is 0.464. The lowest BCUT2D eigenvalue weighted by molar-refractivity contribution is -0.139. The number of benzene rings is 1. The van der Waals surface area contributed by atoms with E-state index in [9.17, 15) is 19.2 Å². The van der Waals surface area contributed by atoms with Crippen LogP contribution in [0.1, 0.15) is 44.9 Å². The second kappa shape index (κ2) is 11.0. The van der Waals surface area contributed by atoms with Gasteiger partial charge in [-0.1, -0.05) is 25.0 Å². The maximum atomic E-state index is 13.5. The Morgan fingerprint density at radius 2 is 2.05 bits per heavy atom. The van der Waals surface area contributed by atoms with Gasteiger partial charge < -0.3 is 31.2 Å². The minimum atomic E-state index is -1.06. The number of pyridine rings is 1. The molecular weight excluding hydrogens is 502 g/mol. The van der Waals surface area contributed by atoms with E-state index >= 15 is 0 Å². The standard InChI is InChI=1S/C28H32N5O6/c29-22-7-5-3-1-2-4-6-18-14-28(18,16-34)32-24(35)23-13-20(15-33(23)26(22)36)38-25-21-9-8-19(39-27(30)37)12-17(21)10-11-31-25/h4,6,8-12,18,20,22-23H,1-3,5,7,13-15,29H2,(H2,30,37)(H,32,35)/b6-4-/t18?,20-,22+,23+,28+/m1/s1. The lowest BCUT2D eigenvalue weighted by Gasteiger charge is -2.27. The Morgan fingerprint density at radius 1 is 1.21 bits per heavy atom. The van der Waals surface area contributed by atoms with Gasteiger partial charge in [0.1, 0.15) is 23.4 Å². The molecule has 5 N–H and O–H groups in total. The topological polar surface area (TPSA) is 167 Å². The summed E-state index contributed by atoms with van der Waals surface area (Å²) in [6.07, 6.45) is 10.9. The third-order valence-electron chi connectivity index (χ3n) is 7.66. The molecule has 2 aliphatic heterocycles. The lowest BCUT2D eigenvalue weighted by atomic mass is 10.1. The molecule has 1 unspecified atom stereocenters. The van der Waals surface area contributed by atoms with Gasteiger partial charge in [0.05, 0.1) is 12.6 Å². The zero-order chi connectivity index (χ0) is 27.6. The third kappa shape index (κ3) is 5.73. The highest BCUT2D eigenvalue weighted by Crippen LogP contribution is 2.43. The molecule has 1 aromatic heterocycles. The van der Waals surface area contributed by atoms with Crippen molar-refractivity contribution in [3.63, 3.8) is 0 Å². The first-order valence-electron chi connectivity index (χ1n) is 13.3. The summed E-state index contributed by atoms with van der Waals surface area (Å²) in [7, 11) is 0. The largest absolute Gasteiger partial charge is 0.472 e. The molecule has 2 aromatic rings. The first-order valence-corrected chi connectivity index (χ1v) is 13.3. The Hall–Kier alpha value is -3.99. The molecule has 0 bridgehead atoms. The fourth-order valence-corrected chi connectivity index (χ4v) is 5.44. The van der Waals surface area contributed by atoms with Gasteiger partial charge in [0, 0.05) is 23.9 Å². The molecule has 5 atom stereocenters. The van der Waals surface area contributed by atoms with E-state index < -0.39 is 35.7 Å². The molecule has 1 radical (unpaired) electrons. The van der Waals surface area contributed by atoms with Gasteiger partial charge in [-0.05, 0) is 55.3 Å². The van der Waals surface area contributed by atoms with Crippen LogP contribution in [0.25, 0.3) is 10.8 Å². The SMILES string of the molecule is NC(=O)Oc1ccc2c(O[C@@H]3C[C@H]4C(=O)N[C@]5([C]=O)CC5/C=C\CCCCC[C@H](N)C(=O)N4C3)nccc2c1. The number of aromatic nitrogens is 1. The van der Waals surface area contributed by atoms with Crippen LogP contribution in [0.3, 0.4) is 0 Å². The average Bonchev–Trinajstić information content (AvgIpc) is 3.42. The number of hydrogen-bond donors (Lipinski definition) is 3. The van der Waals surface area contributed by atoms with Gasteiger partial charge in [-0.15, -0.1) is 0 Å². The smallest absolute Gasteiger partial charge is 0.409 e. The number of carbonyl (C=O) groups excluding carboxylic acids is 4. The molecular formula is C28H32N5O6. The molecule has 205 valence electrons. The van der Waals surface area contributed by atoms with Crippen molar-refractivity contribution in [3.05, 3.63) is 42.6 Å². The number of allylic oxidation sites excluding steroid dienone is 1. The molecule has 11 nitrogen and oxygen atoms in total. The van der Waals surface area contributed by atoms with E-state index in [0.717, 1.165) is 25.7 Å². The molecule has 1 saturated carbocycles. The van der Waals surface area contributed by atoms with Crippen molar-refractivity contribution >= 4 is 35.0 Å². The second-order valence-electron chi connectivity index (χ2n) is 10.4. The van der Waals surface area contributed by atoms with E-state index in [0.29, 0.717) is 29.5 Å². The summed E-state index contributed by atoms with van der Waals surface area (Å²) in [5, 5.41) is 4.23. The number of ether oxygens (including phenoxy) is 2. The molecule has 5 rings (SSSR count). The van der Waals surface area contributed by atoms with Gasteiger partial charge in [-0.3, -0.25) is 14.4 Å². The van der Waals surface area contributed by atoms with E-state index in [-0.39, 0.29) is 30.5 Å². The molecule has 39 heavy (non-hydrogen) atoms. The molecule has 1 aliphatic carbocycles. The zero-order valence-corrected chi connectivity index (χ0v) is 21.5. The molecule has 3 amide bonds. The highest BCUT2D eigenvalue weighted by atomic mass is 16.5. The summed E-state index contributed by atoms with van der Waals surface area (Å²) in [4.78, 5) is 55.6. The lowest BCUT2D eigenvalue weighted by Crippen LogP contribution is -2.54. The van der Waals surface area contributed by atoms with Crippen LogP contribution in [0.5, 0.6) is 11.6 Å². The predicted octanol–water partition coefficient (Wildman–Crippen LogP) is 1.87. The zero-order valence-electron chi connectivity index (χ0n) is 21.5. The van der Waals surface area contributed by atoms with Crippen LogP contribution < -0.4 is 26.3 Å². The van der Waals surface area contributed by atoms with Gasteiger partial charge in [-0.2, -0.15) is 0 Å². The summed E-state index contributed by atoms with van der Waals surface area (Å²) in [6, 6.07) is 5.06. The number of carbonyl (C=O) groups is 3. The van der Waals surface area contributed by atoms with Crippen molar-refractivity contribution < 1.29 is 28.7 Å². The molecule has 1 aromatic carbocycles. The minimum Gasteiger partial charge on any atom is -0.472 e. The van der Waals surface area contributed by atoms with Gasteiger partial charge in [0.25, 0.3) is 0 Å². The molecule has 11 heteroatoms. The number of rotatable bonds is 4. The van der Waals surface area contributed by atoms with Crippen molar-refractivity contribution in [3.8, 4) is 11.6 Å². The molecule has 1 saturated heterocycles. The highest BCUT2D eigenvalue weighted by molar-refractivity contribution is 5.93. The predicted molar refractivity (Wildman–Crippen MR) is 141 cm³/mol. The Kier molecular flexibility index (Phi) is 7.51.